The van der Waals surface area contributed by atoms with Gasteiger partial charge in [-0.15, -0.1) is 0 Å². The Hall–Kier alpha value is -0.575. The van der Waals surface area contributed by atoms with E-state index in [1.54, 1.807) is 6.92 Å². The van der Waals surface area contributed by atoms with Gasteiger partial charge in [-0.2, -0.15) is 0 Å². The van der Waals surface area contributed by atoms with Crippen molar-refractivity contribution in [3.8, 4) is 0 Å². The Bertz CT molecular complexity index is 1190. The van der Waals surface area contributed by atoms with Crippen LogP contribution in [0.3, 0.4) is 0 Å². The summed E-state index contributed by atoms with van der Waals surface area (Å²) in [6.45, 7) is 13.3. The number of hydrogen-bond donors (Lipinski definition) is 4. The maximum Gasteiger partial charge on any atom is 0.0620 e. The Morgan fingerprint density at radius 1 is 0.686 bits per heavy atom. The summed E-state index contributed by atoms with van der Waals surface area (Å²) >= 11 is 24.3. The van der Waals surface area contributed by atoms with Crippen LogP contribution in [-0.4, -0.2) is 86.8 Å². The first kappa shape index (κ1) is 54.8. The fourth-order valence-electron chi connectivity index (χ4n) is 6.45. The molecule has 5 rings (SSSR count). The number of hydrogen-bond acceptors (Lipinski definition) is 6. The van der Waals surface area contributed by atoms with Crippen molar-refractivity contribution in [3.63, 3.8) is 0 Å². The zero-order valence-electron chi connectivity index (χ0n) is 30.9. The fourth-order valence-corrected chi connectivity index (χ4v) is 7.05. The molecular formula is C40H70BCl4N2O4. The fraction of sp³-hybridized carbons (Fsp3) is 0.700. The van der Waals surface area contributed by atoms with Crippen LogP contribution in [0.15, 0.2) is 36.4 Å². The second-order valence-corrected chi connectivity index (χ2v) is 15.5. The summed E-state index contributed by atoms with van der Waals surface area (Å²) in [5.41, 5.74) is 7.24. The van der Waals surface area contributed by atoms with Crippen molar-refractivity contribution in [1.82, 2.24) is 4.90 Å². The van der Waals surface area contributed by atoms with Crippen LogP contribution in [0.1, 0.15) is 125 Å². The van der Waals surface area contributed by atoms with Crippen LogP contribution in [0.2, 0.25) is 20.1 Å². The predicted molar refractivity (Wildman–Crippen MR) is 225 cm³/mol. The van der Waals surface area contributed by atoms with Crippen LogP contribution in [0, 0.1) is 0 Å². The third kappa shape index (κ3) is 18.1. The minimum atomic E-state index is -0.561. The molecule has 0 amide bonds. The van der Waals surface area contributed by atoms with Crippen molar-refractivity contribution in [3.05, 3.63) is 67.6 Å². The number of aliphatic hydroxyl groups is 3. The van der Waals surface area contributed by atoms with Gasteiger partial charge in [0.15, 0.2) is 0 Å². The first-order valence-corrected chi connectivity index (χ1v) is 18.9. The van der Waals surface area contributed by atoms with Gasteiger partial charge in [0, 0.05) is 52.2 Å². The SMILES string of the molecule is C.C.C1CCOC1.CC.CC1(O)CCC(CN)(c2ccc(Cl)c(Cl)c2)CC1.CCO.CN(C)CC1(c2ccc(Cl)c(Cl)c2)CCC(C)(O)CC1.[B]. The molecule has 0 aromatic heterocycles. The predicted octanol–water partition coefficient (Wildman–Crippen LogP) is 10.3. The molecule has 11 heteroatoms. The van der Waals surface area contributed by atoms with E-state index in [0.29, 0.717) is 26.6 Å². The Morgan fingerprint density at radius 2 is 1.02 bits per heavy atom. The molecule has 6 nitrogen and oxygen atoms in total. The molecule has 0 spiro atoms. The Labute approximate surface area is 334 Å². The molecule has 3 radical (unpaired) electrons. The van der Waals surface area contributed by atoms with Crippen LogP contribution in [-0.2, 0) is 15.6 Å². The second-order valence-electron chi connectivity index (χ2n) is 13.9. The van der Waals surface area contributed by atoms with E-state index in [0.717, 1.165) is 76.7 Å². The van der Waals surface area contributed by atoms with Crippen LogP contribution in [0.5, 0.6) is 0 Å². The lowest BCUT2D eigenvalue weighted by molar-refractivity contribution is -0.00438. The third-order valence-corrected chi connectivity index (χ3v) is 10.9. The molecule has 5 N–H and O–H groups in total. The van der Waals surface area contributed by atoms with Crippen molar-refractivity contribution < 1.29 is 20.1 Å². The normalized spacial score (nSPS) is 26.4. The van der Waals surface area contributed by atoms with E-state index in [4.69, 9.17) is 62.0 Å². The van der Waals surface area contributed by atoms with Gasteiger partial charge in [0.1, 0.15) is 0 Å². The summed E-state index contributed by atoms with van der Waals surface area (Å²) in [5, 5.41) is 30.2. The number of nitrogens with zero attached hydrogens (tertiary/aromatic N) is 1. The number of nitrogens with two attached hydrogens (primary N) is 1. The summed E-state index contributed by atoms with van der Waals surface area (Å²) < 4.78 is 4.94. The molecule has 3 aliphatic rings. The maximum absolute atomic E-state index is 10.2. The Kier molecular flexibility index (Phi) is 28.2. The zero-order valence-corrected chi connectivity index (χ0v) is 34.0. The lowest BCUT2D eigenvalue weighted by Gasteiger charge is -2.44. The van der Waals surface area contributed by atoms with E-state index >= 15 is 0 Å². The number of benzene rings is 2. The van der Waals surface area contributed by atoms with Gasteiger partial charge in [0.05, 0.1) is 31.3 Å². The molecular weight excluding hydrogens is 725 g/mol. The highest BCUT2D eigenvalue weighted by molar-refractivity contribution is 6.42. The first-order valence-electron chi connectivity index (χ1n) is 17.4. The minimum Gasteiger partial charge on any atom is -0.397 e. The lowest BCUT2D eigenvalue weighted by atomic mass is 9.65. The number of aliphatic hydroxyl groups excluding tert-OH is 1. The molecule has 1 heterocycles. The van der Waals surface area contributed by atoms with E-state index in [1.165, 1.54) is 18.4 Å². The van der Waals surface area contributed by atoms with Crippen LogP contribution in [0.25, 0.3) is 0 Å². The van der Waals surface area contributed by atoms with Gasteiger partial charge in [-0.3, -0.25) is 0 Å². The molecule has 0 bridgehead atoms. The molecule has 1 aliphatic heterocycles. The highest BCUT2D eigenvalue weighted by atomic mass is 35.5. The van der Waals surface area contributed by atoms with Crippen molar-refractivity contribution in [2.45, 2.75) is 136 Å². The van der Waals surface area contributed by atoms with E-state index in [-0.39, 0.29) is 40.7 Å². The first-order chi connectivity index (χ1) is 22.5. The molecule has 0 unspecified atom stereocenters. The Morgan fingerprint density at radius 3 is 1.29 bits per heavy atom. The van der Waals surface area contributed by atoms with Gasteiger partial charge < -0.3 is 30.7 Å². The van der Waals surface area contributed by atoms with Gasteiger partial charge in [-0.1, -0.05) is 87.2 Å². The molecule has 3 fully saturated rings. The summed E-state index contributed by atoms with van der Waals surface area (Å²) in [7, 11) is 4.18. The maximum atomic E-state index is 10.2. The average molecular weight is 796 g/mol. The standard InChI is InChI=1S/C16H23Cl2NO.C14H19Cl2NO.C4H8O.C2H6O.C2H6.2CH4.B/c1-15(20)6-8-16(9-7-15,11-19(2)3)12-4-5-13(17)14(18)10-12;1-13(18)4-6-14(9-17,7-5-13)10-2-3-11(15)12(16)8-10;1-2-4-5-3-1;1-2-3;1-2;;;/h4-5,10,20H,6-9,11H2,1-3H3;2-3,8,18H,4-7,9,17H2,1H3;1-4H2;3H,2H2,1H3;1-2H3;2*1H4;. The third-order valence-electron chi connectivity index (χ3n) is 9.47. The van der Waals surface area contributed by atoms with E-state index in [2.05, 4.69) is 25.1 Å². The lowest BCUT2D eigenvalue weighted by Crippen LogP contribution is -2.45. The largest absolute Gasteiger partial charge is 0.397 e. The minimum absolute atomic E-state index is 0. The molecule has 295 valence electrons. The van der Waals surface area contributed by atoms with Crippen molar-refractivity contribution in [2.24, 2.45) is 5.73 Å². The van der Waals surface area contributed by atoms with Crippen LogP contribution in [0.4, 0.5) is 0 Å². The average Bonchev–Trinajstić information content (AvgIpc) is 3.64. The number of ether oxygens (including phenoxy) is 1. The van der Waals surface area contributed by atoms with Gasteiger partial charge in [-0.25, -0.2) is 0 Å². The zero-order chi connectivity index (χ0) is 36.6. The highest BCUT2D eigenvalue weighted by Crippen LogP contribution is 2.45. The van der Waals surface area contributed by atoms with Crippen molar-refractivity contribution in [1.29, 1.82) is 0 Å². The van der Waals surface area contributed by atoms with E-state index < -0.39 is 11.2 Å². The molecule has 0 atom stereocenters. The van der Waals surface area contributed by atoms with Crippen molar-refractivity contribution in [2.75, 3.05) is 47.0 Å². The molecule has 1 saturated heterocycles. The smallest absolute Gasteiger partial charge is 0.0620 e. The van der Waals surface area contributed by atoms with Crippen LogP contribution >= 0.6 is 46.4 Å². The quantitative estimate of drug-likeness (QED) is 0.225. The number of rotatable bonds is 5. The second kappa shape index (κ2) is 26.3. The number of likely N-dealkylation sites (N-methyl/N-ethyl adjacent to an activating group) is 1. The van der Waals surface area contributed by atoms with Crippen molar-refractivity contribution >= 4 is 54.8 Å². The molecule has 2 aliphatic carbocycles. The van der Waals surface area contributed by atoms with Crippen LogP contribution < -0.4 is 5.73 Å². The van der Waals surface area contributed by atoms with Gasteiger partial charge in [0.25, 0.3) is 0 Å². The summed E-state index contributed by atoms with van der Waals surface area (Å²) in [4.78, 5) is 2.21. The molecule has 51 heavy (non-hydrogen) atoms. The molecule has 2 aromatic carbocycles. The highest BCUT2D eigenvalue weighted by Gasteiger charge is 2.41. The number of halogens is 4. The van der Waals surface area contributed by atoms with Gasteiger partial charge >= 0.3 is 0 Å². The topological polar surface area (TPSA) is 99.2 Å². The summed E-state index contributed by atoms with van der Waals surface area (Å²) in [6.07, 6.45) is 9.44. The summed E-state index contributed by atoms with van der Waals surface area (Å²) in [5.74, 6) is 0. The summed E-state index contributed by atoms with van der Waals surface area (Å²) in [6, 6.07) is 11.7. The van der Waals surface area contributed by atoms with E-state index in [9.17, 15) is 10.2 Å². The molecule has 2 aromatic rings. The monoisotopic (exact) mass is 793 g/mol. The van der Waals surface area contributed by atoms with Gasteiger partial charge in [0.2, 0.25) is 0 Å². The molecule has 2 saturated carbocycles. The van der Waals surface area contributed by atoms with Gasteiger partial charge in [-0.05, 0) is 134 Å². The Balaban J connectivity index is -0.000000683. The van der Waals surface area contributed by atoms with E-state index in [1.807, 2.05) is 58.0 Å².